The molecule has 2 aromatic rings. The van der Waals surface area contributed by atoms with Crippen molar-refractivity contribution in [3.05, 3.63) is 41.5 Å². The summed E-state index contributed by atoms with van der Waals surface area (Å²) in [6.45, 7) is 2.96. The number of carbonyl (C=O) groups is 1. The quantitative estimate of drug-likeness (QED) is 0.637. The monoisotopic (exact) mass is 469 g/mol. The van der Waals surface area contributed by atoms with Crippen LogP contribution in [0.1, 0.15) is 67.3 Å². The Bertz CT molecular complexity index is 1170. The van der Waals surface area contributed by atoms with Crippen LogP contribution in [0, 0.1) is 6.92 Å². The van der Waals surface area contributed by atoms with Crippen molar-refractivity contribution in [3.63, 3.8) is 0 Å². The number of nitrogens with one attached hydrogen (secondary N) is 2. The van der Waals surface area contributed by atoms with E-state index in [1.54, 1.807) is 10.4 Å². The fraction of sp³-hybridized carbons (Fsp3) is 0.480. The van der Waals surface area contributed by atoms with Gasteiger partial charge in [0.1, 0.15) is 10.6 Å². The lowest BCUT2D eigenvalue weighted by molar-refractivity contribution is 0.102. The van der Waals surface area contributed by atoms with Gasteiger partial charge in [-0.05, 0) is 56.4 Å². The molecule has 3 aliphatic rings. The number of sulfonamides is 1. The number of piperidine rings is 1. The largest absolute Gasteiger partial charge is 0.454 e. The molecule has 0 aromatic heterocycles. The minimum Gasteiger partial charge on any atom is -0.454 e. The Morgan fingerprint density at radius 1 is 0.970 bits per heavy atom. The summed E-state index contributed by atoms with van der Waals surface area (Å²) in [5.74, 6) is 0.544. The second-order valence-corrected chi connectivity index (χ2v) is 11.3. The summed E-state index contributed by atoms with van der Waals surface area (Å²) in [5.41, 5.74) is 2.33. The molecule has 0 spiro atoms. The first-order chi connectivity index (χ1) is 15.9. The molecule has 2 aliphatic heterocycles. The molecular weight excluding hydrogens is 438 g/mol. The van der Waals surface area contributed by atoms with Crippen LogP contribution in [0.3, 0.4) is 0 Å². The Balaban J connectivity index is 1.60. The number of anilines is 2. The highest BCUT2D eigenvalue weighted by atomic mass is 32.2. The van der Waals surface area contributed by atoms with Crippen molar-refractivity contribution >= 4 is 27.3 Å². The Morgan fingerprint density at radius 2 is 1.70 bits per heavy atom. The van der Waals surface area contributed by atoms with Gasteiger partial charge in [0, 0.05) is 25.2 Å². The molecule has 0 atom stereocenters. The Kier molecular flexibility index (Phi) is 6.05. The third-order valence-electron chi connectivity index (χ3n) is 6.83. The number of benzene rings is 2. The minimum atomic E-state index is -3.75. The molecule has 5 rings (SSSR count). The number of hydrogen-bond donors (Lipinski definition) is 2. The highest BCUT2D eigenvalue weighted by molar-refractivity contribution is 7.89. The predicted molar refractivity (Wildman–Crippen MR) is 129 cm³/mol. The summed E-state index contributed by atoms with van der Waals surface area (Å²) in [6, 6.07) is 9.01. The van der Waals surface area contributed by atoms with E-state index in [9.17, 15) is 13.2 Å². The molecule has 0 unspecified atom stereocenters. The molecule has 1 amide bonds. The number of fused-ring (bicyclic) bond motifs is 2. The molecular formula is C25H31N3O4S. The fourth-order valence-electron chi connectivity index (χ4n) is 5.00. The molecule has 2 fully saturated rings. The van der Waals surface area contributed by atoms with Crippen LogP contribution in [0.2, 0.25) is 0 Å². The van der Waals surface area contributed by atoms with Gasteiger partial charge >= 0.3 is 0 Å². The summed E-state index contributed by atoms with van der Waals surface area (Å²) in [6.07, 6.45) is 8.22. The van der Waals surface area contributed by atoms with Gasteiger partial charge in [-0.15, -0.1) is 0 Å². The molecule has 2 aromatic carbocycles. The molecule has 0 radical (unpaired) electrons. The summed E-state index contributed by atoms with van der Waals surface area (Å²) >= 11 is 0. The van der Waals surface area contributed by atoms with E-state index >= 15 is 0 Å². The Hall–Kier alpha value is -2.58. The minimum absolute atomic E-state index is 0.162. The van der Waals surface area contributed by atoms with Crippen molar-refractivity contribution in [2.45, 2.75) is 69.2 Å². The van der Waals surface area contributed by atoms with Gasteiger partial charge in [-0.2, -0.15) is 4.31 Å². The topological polar surface area (TPSA) is 87.7 Å². The number of ether oxygens (including phenoxy) is 1. The Morgan fingerprint density at radius 3 is 2.45 bits per heavy atom. The lowest BCUT2D eigenvalue weighted by atomic mass is 9.95. The van der Waals surface area contributed by atoms with Crippen LogP contribution in [0.25, 0.3) is 0 Å². The summed E-state index contributed by atoms with van der Waals surface area (Å²) in [4.78, 5) is 13.3. The van der Waals surface area contributed by atoms with Gasteiger partial charge in [0.15, 0.2) is 5.75 Å². The van der Waals surface area contributed by atoms with Crippen LogP contribution in [-0.4, -0.2) is 37.8 Å². The third-order valence-corrected chi connectivity index (χ3v) is 8.77. The average Bonchev–Trinajstić information content (AvgIpc) is 2.95. The zero-order valence-corrected chi connectivity index (χ0v) is 19.8. The first-order valence-electron chi connectivity index (χ1n) is 12.0. The van der Waals surface area contributed by atoms with Gasteiger partial charge in [0.05, 0.1) is 16.9 Å². The van der Waals surface area contributed by atoms with Crippen LogP contribution in [0.5, 0.6) is 11.5 Å². The summed E-state index contributed by atoms with van der Waals surface area (Å²) in [5, 5.41) is 6.38. The molecule has 2 heterocycles. The number of amides is 1. The van der Waals surface area contributed by atoms with Crippen molar-refractivity contribution in [2.75, 3.05) is 23.7 Å². The highest BCUT2D eigenvalue weighted by Crippen LogP contribution is 2.41. The van der Waals surface area contributed by atoms with E-state index in [1.165, 1.54) is 12.5 Å². The number of hydrogen-bond acceptors (Lipinski definition) is 5. The van der Waals surface area contributed by atoms with Gasteiger partial charge < -0.3 is 15.4 Å². The number of nitrogens with zero attached hydrogens (tertiary/aromatic N) is 1. The van der Waals surface area contributed by atoms with Crippen LogP contribution in [-0.2, 0) is 10.0 Å². The first kappa shape index (κ1) is 22.2. The standard InChI is InChI=1S/C25H31N3O4S/c1-17-10-11-22-20(14-17)27-25(29)19-15-24(33(30,31)28-12-6-3-7-13-28)21(16-23(19)32-22)26-18-8-4-2-5-9-18/h10-11,14-16,18,26H,2-9,12-13H2,1H3,(H,27,29). The fourth-order valence-corrected chi connectivity index (χ4v) is 6.68. The van der Waals surface area contributed by atoms with E-state index in [2.05, 4.69) is 10.6 Å². The van der Waals surface area contributed by atoms with E-state index in [4.69, 9.17) is 4.74 Å². The SMILES string of the molecule is Cc1ccc2c(c1)NC(=O)c1cc(S(=O)(=O)N3CCCCC3)c(NC3CCCCC3)cc1O2. The molecule has 1 aliphatic carbocycles. The second kappa shape index (κ2) is 8.99. The molecule has 176 valence electrons. The lowest BCUT2D eigenvalue weighted by Crippen LogP contribution is -2.36. The maximum absolute atomic E-state index is 13.7. The predicted octanol–water partition coefficient (Wildman–Crippen LogP) is 5.27. The van der Waals surface area contributed by atoms with E-state index in [0.717, 1.165) is 50.5 Å². The van der Waals surface area contributed by atoms with Gasteiger partial charge in [-0.25, -0.2) is 8.42 Å². The number of rotatable bonds is 4. The molecule has 1 saturated carbocycles. The van der Waals surface area contributed by atoms with E-state index in [-0.39, 0.29) is 22.4 Å². The molecule has 7 nitrogen and oxygen atoms in total. The van der Waals surface area contributed by atoms with E-state index in [0.29, 0.717) is 36.0 Å². The molecule has 8 heteroatoms. The smallest absolute Gasteiger partial charge is 0.259 e. The maximum atomic E-state index is 13.7. The van der Waals surface area contributed by atoms with Gasteiger partial charge in [-0.1, -0.05) is 31.7 Å². The van der Waals surface area contributed by atoms with E-state index < -0.39 is 10.0 Å². The van der Waals surface area contributed by atoms with Crippen LogP contribution >= 0.6 is 0 Å². The lowest BCUT2D eigenvalue weighted by Gasteiger charge is -2.29. The zero-order valence-electron chi connectivity index (χ0n) is 19.0. The van der Waals surface area contributed by atoms with Crippen LogP contribution in [0.15, 0.2) is 35.2 Å². The second-order valence-electron chi connectivity index (χ2n) is 9.34. The van der Waals surface area contributed by atoms with Crippen molar-refractivity contribution in [1.82, 2.24) is 4.31 Å². The van der Waals surface area contributed by atoms with Crippen molar-refractivity contribution in [1.29, 1.82) is 0 Å². The molecule has 2 N–H and O–H groups in total. The molecule has 0 bridgehead atoms. The van der Waals surface area contributed by atoms with Crippen LogP contribution in [0.4, 0.5) is 11.4 Å². The third kappa shape index (κ3) is 4.46. The zero-order chi connectivity index (χ0) is 23.0. The van der Waals surface area contributed by atoms with Crippen molar-refractivity contribution in [3.8, 4) is 11.5 Å². The molecule has 1 saturated heterocycles. The number of aryl methyl sites for hydroxylation is 1. The normalized spacial score (nSPS) is 19.6. The van der Waals surface area contributed by atoms with Crippen molar-refractivity contribution < 1.29 is 17.9 Å². The summed E-state index contributed by atoms with van der Waals surface area (Å²) in [7, 11) is -3.75. The van der Waals surface area contributed by atoms with E-state index in [1.807, 2.05) is 25.1 Å². The number of carbonyl (C=O) groups excluding carboxylic acids is 1. The van der Waals surface area contributed by atoms with Gasteiger partial charge in [-0.3, -0.25) is 4.79 Å². The van der Waals surface area contributed by atoms with Crippen molar-refractivity contribution in [2.24, 2.45) is 0 Å². The van der Waals surface area contributed by atoms with Crippen LogP contribution < -0.4 is 15.4 Å². The average molecular weight is 470 g/mol. The maximum Gasteiger partial charge on any atom is 0.259 e. The Labute approximate surface area is 195 Å². The van der Waals surface area contributed by atoms with Gasteiger partial charge in [0.2, 0.25) is 10.0 Å². The highest BCUT2D eigenvalue weighted by Gasteiger charge is 2.33. The molecule has 33 heavy (non-hydrogen) atoms. The van der Waals surface area contributed by atoms with Gasteiger partial charge in [0.25, 0.3) is 5.91 Å². The first-order valence-corrected chi connectivity index (χ1v) is 13.4. The summed E-state index contributed by atoms with van der Waals surface area (Å²) < 4.78 is 35.1.